The quantitative estimate of drug-likeness (QED) is 0.768. The van der Waals surface area contributed by atoms with E-state index in [0.717, 1.165) is 47.1 Å². The van der Waals surface area contributed by atoms with Crippen molar-refractivity contribution in [1.29, 1.82) is 0 Å². The summed E-state index contributed by atoms with van der Waals surface area (Å²) in [6.45, 7) is 0.729. The Balaban J connectivity index is 1.78. The van der Waals surface area contributed by atoms with E-state index in [1.807, 2.05) is 31.3 Å². The number of hydrogen-bond acceptors (Lipinski definition) is 4. The maximum Gasteiger partial charge on any atom is 0.227 e. The highest BCUT2D eigenvalue weighted by atomic mass is 35.5. The zero-order chi connectivity index (χ0) is 18.3. The molecule has 26 heavy (non-hydrogen) atoms. The van der Waals surface area contributed by atoms with Crippen molar-refractivity contribution >= 4 is 28.4 Å². The third kappa shape index (κ3) is 2.80. The molecule has 1 aliphatic rings. The van der Waals surface area contributed by atoms with Gasteiger partial charge in [0.25, 0.3) is 0 Å². The van der Waals surface area contributed by atoms with Crippen molar-refractivity contribution in [3.63, 3.8) is 0 Å². The van der Waals surface area contributed by atoms with E-state index in [0.29, 0.717) is 10.9 Å². The smallest absolute Gasteiger partial charge is 0.227 e. The molecule has 134 valence electrons. The molecule has 1 N–H and O–H groups in total. The van der Waals surface area contributed by atoms with Crippen LogP contribution >= 0.6 is 11.6 Å². The number of rotatable bonds is 3. The SMILES string of the molecule is COc1nc(-c2cc(Cl)c3cnn(C)c3c2)ccc1C1CCCNC1=O. The van der Waals surface area contributed by atoms with Crippen molar-refractivity contribution in [2.45, 2.75) is 18.8 Å². The molecule has 2 aromatic heterocycles. The lowest BCUT2D eigenvalue weighted by Gasteiger charge is -2.23. The van der Waals surface area contributed by atoms with Crippen molar-refractivity contribution in [3.05, 3.63) is 41.0 Å². The van der Waals surface area contributed by atoms with Crippen LogP contribution in [0.5, 0.6) is 5.88 Å². The van der Waals surface area contributed by atoms with E-state index < -0.39 is 0 Å². The number of nitrogens with one attached hydrogen (secondary N) is 1. The number of halogens is 1. The van der Waals surface area contributed by atoms with E-state index in [-0.39, 0.29) is 11.8 Å². The van der Waals surface area contributed by atoms with Gasteiger partial charge in [-0.2, -0.15) is 5.10 Å². The van der Waals surface area contributed by atoms with Gasteiger partial charge in [-0.05, 0) is 31.0 Å². The third-order valence-electron chi connectivity index (χ3n) is 4.86. The highest BCUT2D eigenvalue weighted by Crippen LogP contribution is 2.34. The fourth-order valence-corrected chi connectivity index (χ4v) is 3.73. The summed E-state index contributed by atoms with van der Waals surface area (Å²) in [4.78, 5) is 16.8. The molecule has 0 bridgehead atoms. The molecule has 6 nitrogen and oxygen atoms in total. The number of hydrogen-bond donors (Lipinski definition) is 1. The van der Waals surface area contributed by atoms with Crippen molar-refractivity contribution in [2.24, 2.45) is 7.05 Å². The number of aromatic nitrogens is 3. The first-order valence-electron chi connectivity index (χ1n) is 8.52. The van der Waals surface area contributed by atoms with Gasteiger partial charge in [0.05, 0.1) is 35.5 Å². The Morgan fingerprint density at radius 2 is 2.19 bits per heavy atom. The zero-order valence-corrected chi connectivity index (χ0v) is 15.4. The first-order chi connectivity index (χ1) is 12.6. The lowest BCUT2D eigenvalue weighted by molar-refractivity contribution is -0.123. The number of methoxy groups -OCH3 is 1. The number of fused-ring (bicyclic) bond motifs is 1. The second-order valence-electron chi connectivity index (χ2n) is 6.44. The lowest BCUT2D eigenvalue weighted by Crippen LogP contribution is -2.35. The summed E-state index contributed by atoms with van der Waals surface area (Å²) in [7, 11) is 3.45. The van der Waals surface area contributed by atoms with Crippen LogP contribution in [0.4, 0.5) is 0 Å². The fraction of sp³-hybridized carbons (Fsp3) is 0.316. The first-order valence-corrected chi connectivity index (χ1v) is 8.90. The zero-order valence-electron chi connectivity index (χ0n) is 14.6. The summed E-state index contributed by atoms with van der Waals surface area (Å²) >= 11 is 6.41. The summed E-state index contributed by atoms with van der Waals surface area (Å²) in [6.07, 6.45) is 3.50. The number of piperidine rings is 1. The largest absolute Gasteiger partial charge is 0.481 e. The molecule has 0 radical (unpaired) electrons. The Labute approximate surface area is 156 Å². The molecule has 1 saturated heterocycles. The monoisotopic (exact) mass is 370 g/mol. The maximum atomic E-state index is 12.2. The van der Waals surface area contributed by atoms with Crippen LogP contribution < -0.4 is 10.1 Å². The molecule has 1 aliphatic heterocycles. The third-order valence-corrected chi connectivity index (χ3v) is 5.17. The summed E-state index contributed by atoms with van der Waals surface area (Å²) in [5.41, 5.74) is 3.38. The highest BCUT2D eigenvalue weighted by Gasteiger charge is 2.27. The molecule has 0 aliphatic carbocycles. The Kier molecular flexibility index (Phi) is 4.28. The molecular weight excluding hydrogens is 352 g/mol. The maximum absolute atomic E-state index is 12.2. The average Bonchev–Trinajstić information content (AvgIpc) is 3.03. The van der Waals surface area contributed by atoms with E-state index in [1.165, 1.54) is 0 Å². The van der Waals surface area contributed by atoms with E-state index in [1.54, 1.807) is 18.0 Å². The average molecular weight is 371 g/mol. The van der Waals surface area contributed by atoms with Crippen molar-refractivity contribution < 1.29 is 9.53 Å². The van der Waals surface area contributed by atoms with Crippen molar-refractivity contribution in [3.8, 4) is 17.1 Å². The molecule has 1 aromatic carbocycles. The van der Waals surface area contributed by atoms with Crippen LogP contribution in [0.1, 0.15) is 24.3 Å². The highest BCUT2D eigenvalue weighted by molar-refractivity contribution is 6.35. The van der Waals surface area contributed by atoms with Crippen LogP contribution in [0.25, 0.3) is 22.2 Å². The van der Waals surface area contributed by atoms with Gasteiger partial charge < -0.3 is 10.1 Å². The molecule has 1 unspecified atom stereocenters. The summed E-state index contributed by atoms with van der Waals surface area (Å²) in [5, 5.41) is 8.69. The van der Waals surface area contributed by atoms with Gasteiger partial charge in [0.2, 0.25) is 11.8 Å². The predicted molar refractivity (Wildman–Crippen MR) is 100 cm³/mol. The molecule has 4 rings (SSSR count). The van der Waals surface area contributed by atoms with E-state index >= 15 is 0 Å². The Bertz CT molecular complexity index is 999. The normalized spacial score (nSPS) is 17.3. The van der Waals surface area contributed by atoms with Gasteiger partial charge >= 0.3 is 0 Å². The summed E-state index contributed by atoms with van der Waals surface area (Å²) < 4.78 is 7.27. The Morgan fingerprint density at radius 1 is 1.35 bits per heavy atom. The van der Waals surface area contributed by atoms with Gasteiger partial charge in [-0.1, -0.05) is 17.7 Å². The fourth-order valence-electron chi connectivity index (χ4n) is 3.46. The van der Waals surface area contributed by atoms with E-state index in [4.69, 9.17) is 16.3 Å². The standard InChI is InChI=1S/C19H19ClN4O2/c1-24-17-9-11(8-15(20)14(17)10-22-24)16-6-5-13(19(23-16)26-2)12-4-3-7-21-18(12)25/h5-6,8-10,12H,3-4,7H2,1-2H3,(H,21,25). The lowest BCUT2D eigenvalue weighted by atomic mass is 9.91. The molecule has 3 aromatic rings. The molecular formula is C19H19ClN4O2. The number of aryl methyl sites for hydroxylation is 1. The molecule has 1 fully saturated rings. The van der Waals surface area contributed by atoms with E-state index in [2.05, 4.69) is 15.4 Å². The van der Waals surface area contributed by atoms with Crippen LogP contribution in [-0.2, 0) is 11.8 Å². The van der Waals surface area contributed by atoms with Crippen LogP contribution in [0.15, 0.2) is 30.5 Å². The molecule has 0 spiro atoms. The minimum absolute atomic E-state index is 0.0310. The van der Waals surface area contributed by atoms with Gasteiger partial charge in [-0.25, -0.2) is 4.98 Å². The minimum Gasteiger partial charge on any atom is -0.481 e. The van der Waals surface area contributed by atoms with Crippen molar-refractivity contribution in [2.75, 3.05) is 13.7 Å². The van der Waals surface area contributed by atoms with Gasteiger partial charge in [0.1, 0.15) is 0 Å². The number of carbonyl (C=O) groups excluding carboxylic acids is 1. The number of pyridine rings is 1. The Hall–Kier alpha value is -2.60. The number of amides is 1. The van der Waals surface area contributed by atoms with Gasteiger partial charge in [0, 0.05) is 30.1 Å². The van der Waals surface area contributed by atoms with Gasteiger partial charge in [0.15, 0.2) is 0 Å². The molecule has 1 atom stereocenters. The molecule has 3 heterocycles. The van der Waals surface area contributed by atoms with Crippen LogP contribution in [0, 0.1) is 0 Å². The van der Waals surface area contributed by atoms with E-state index in [9.17, 15) is 4.79 Å². The van der Waals surface area contributed by atoms with Crippen LogP contribution in [0.3, 0.4) is 0 Å². The second kappa shape index (κ2) is 6.61. The number of ether oxygens (including phenoxy) is 1. The van der Waals surface area contributed by atoms with Crippen molar-refractivity contribution in [1.82, 2.24) is 20.1 Å². The first kappa shape index (κ1) is 16.8. The number of carbonyl (C=O) groups is 1. The summed E-state index contributed by atoms with van der Waals surface area (Å²) in [6, 6.07) is 7.72. The van der Waals surface area contributed by atoms with Crippen LogP contribution in [0.2, 0.25) is 5.02 Å². The number of nitrogens with zero attached hydrogens (tertiary/aromatic N) is 3. The Morgan fingerprint density at radius 3 is 2.96 bits per heavy atom. The second-order valence-corrected chi connectivity index (χ2v) is 6.85. The molecule has 0 saturated carbocycles. The molecule has 7 heteroatoms. The molecule has 1 amide bonds. The topological polar surface area (TPSA) is 69.0 Å². The minimum atomic E-state index is -0.219. The number of benzene rings is 1. The predicted octanol–water partition coefficient (Wildman–Crippen LogP) is 3.29. The van der Waals surface area contributed by atoms with Crippen LogP contribution in [-0.4, -0.2) is 34.3 Å². The van der Waals surface area contributed by atoms with Gasteiger partial charge in [-0.15, -0.1) is 0 Å². The van der Waals surface area contributed by atoms with Gasteiger partial charge in [-0.3, -0.25) is 9.48 Å². The summed E-state index contributed by atoms with van der Waals surface area (Å²) in [5.74, 6) is 0.289.